The van der Waals surface area contributed by atoms with Crippen molar-refractivity contribution >= 4 is 18.0 Å². The summed E-state index contributed by atoms with van der Waals surface area (Å²) in [6.07, 6.45) is -1.20. The molecule has 3 atom stereocenters. The molecule has 1 aromatic carbocycles. The number of nitrogens with zero attached hydrogens (tertiary/aromatic N) is 6. The van der Waals surface area contributed by atoms with E-state index < -0.39 is 53.6 Å². The molecule has 1 aliphatic heterocycles. The van der Waals surface area contributed by atoms with Crippen LogP contribution in [0.1, 0.15) is 81.9 Å². The van der Waals surface area contributed by atoms with E-state index in [1.807, 2.05) is 13.8 Å². The fourth-order valence-electron chi connectivity index (χ4n) is 7.02. The lowest BCUT2D eigenvalue weighted by Crippen LogP contribution is -2.57. The van der Waals surface area contributed by atoms with Gasteiger partial charge >= 0.3 is 24.4 Å². The van der Waals surface area contributed by atoms with Gasteiger partial charge in [-0.25, -0.2) is 14.8 Å². The normalized spacial score (nSPS) is 23.1. The number of benzene rings is 1. The standard InChI is InChI=1S/C34H40F6N6O4/c1-4-26-13-28(14-27(5-2)46(26)32(49)50-29-8-6-21(7-9-29)30(47)48)45(31-41-15-22(16-42-31)23-17-43-44(3)19-23)18-20-10-24(33(35,36)37)12-25(11-20)34(38,39)40/h10-12,15-17,19,21,26-29H,4-9,13-14,18H2,1-3H3,(H,47,48)/t21-,26-,27+,28?,29+. The molecule has 2 aliphatic rings. The number of amides is 1. The topological polar surface area (TPSA) is 114 Å². The van der Waals surface area contributed by atoms with Crippen LogP contribution in [0.25, 0.3) is 11.1 Å². The number of ether oxygens (including phenoxy) is 1. The Morgan fingerprint density at radius 1 is 0.880 bits per heavy atom. The first-order chi connectivity index (χ1) is 23.6. The summed E-state index contributed by atoms with van der Waals surface area (Å²) in [7, 11) is 1.74. The molecule has 1 saturated heterocycles. The fourth-order valence-corrected chi connectivity index (χ4v) is 7.02. The average Bonchev–Trinajstić information content (AvgIpc) is 3.52. The second kappa shape index (κ2) is 14.9. The van der Waals surface area contributed by atoms with Gasteiger partial charge in [0, 0.05) is 61.4 Å². The zero-order valence-corrected chi connectivity index (χ0v) is 27.9. The number of carbonyl (C=O) groups is 2. The zero-order valence-electron chi connectivity index (χ0n) is 27.9. The minimum absolute atomic E-state index is 0.103. The van der Waals surface area contributed by atoms with E-state index in [1.165, 1.54) is 12.4 Å². The van der Waals surface area contributed by atoms with Crippen molar-refractivity contribution in [2.24, 2.45) is 13.0 Å². The van der Waals surface area contributed by atoms with Crippen molar-refractivity contribution in [2.45, 2.75) is 108 Å². The van der Waals surface area contributed by atoms with Gasteiger partial charge in [-0.3, -0.25) is 9.48 Å². The molecule has 10 nitrogen and oxygen atoms in total. The number of aliphatic carboxylic acids is 1. The number of anilines is 1. The van der Waals surface area contributed by atoms with Gasteiger partial charge in [-0.15, -0.1) is 0 Å². The lowest BCUT2D eigenvalue weighted by atomic mass is 9.87. The minimum Gasteiger partial charge on any atom is -0.481 e. The Bertz CT molecular complexity index is 1590. The van der Waals surface area contributed by atoms with Crippen molar-refractivity contribution in [3.05, 3.63) is 59.7 Å². The maximum atomic E-state index is 13.8. The van der Waals surface area contributed by atoms with Gasteiger partial charge in [0.1, 0.15) is 6.10 Å². The predicted molar refractivity (Wildman–Crippen MR) is 170 cm³/mol. The molecular formula is C34H40F6N6O4. The summed E-state index contributed by atoms with van der Waals surface area (Å²) in [6.45, 7) is 3.43. The second-order valence-corrected chi connectivity index (χ2v) is 13.1. The zero-order chi connectivity index (χ0) is 36.4. The van der Waals surface area contributed by atoms with Crippen LogP contribution in [0.4, 0.5) is 37.1 Å². The second-order valence-electron chi connectivity index (χ2n) is 13.1. The maximum absolute atomic E-state index is 13.8. The Morgan fingerprint density at radius 3 is 1.90 bits per heavy atom. The summed E-state index contributed by atoms with van der Waals surface area (Å²) in [4.78, 5) is 37.3. The first kappa shape index (κ1) is 36.9. The number of carboxylic acid groups (broad SMARTS) is 1. The predicted octanol–water partition coefficient (Wildman–Crippen LogP) is 7.72. The van der Waals surface area contributed by atoms with Crippen molar-refractivity contribution < 1.29 is 45.8 Å². The molecule has 16 heteroatoms. The number of aromatic nitrogens is 4. The van der Waals surface area contributed by atoms with E-state index >= 15 is 0 Å². The van der Waals surface area contributed by atoms with Gasteiger partial charge in [0.15, 0.2) is 0 Å². The molecule has 3 aromatic rings. The summed E-state index contributed by atoms with van der Waals surface area (Å²) in [5.41, 5.74) is -1.70. The summed E-state index contributed by atoms with van der Waals surface area (Å²) < 4.78 is 90.3. The van der Waals surface area contributed by atoms with E-state index in [1.54, 1.807) is 33.9 Å². The lowest BCUT2D eigenvalue weighted by molar-refractivity contribution is -0.144. The summed E-state index contributed by atoms with van der Waals surface area (Å²) in [5, 5.41) is 13.5. The number of carbonyl (C=O) groups excluding carboxylic acids is 1. The van der Waals surface area contributed by atoms with Crippen molar-refractivity contribution in [2.75, 3.05) is 4.90 Å². The minimum atomic E-state index is -5.01. The number of hydrogen-bond acceptors (Lipinski definition) is 7. The molecule has 5 rings (SSSR count). The number of carboxylic acids is 1. The monoisotopic (exact) mass is 710 g/mol. The van der Waals surface area contributed by atoms with Crippen molar-refractivity contribution in [1.82, 2.24) is 24.6 Å². The van der Waals surface area contributed by atoms with Crippen LogP contribution in [0.15, 0.2) is 43.0 Å². The van der Waals surface area contributed by atoms with Gasteiger partial charge in [-0.2, -0.15) is 31.4 Å². The number of aryl methyl sites for hydroxylation is 1. The molecule has 3 heterocycles. The van der Waals surface area contributed by atoms with Crippen LogP contribution < -0.4 is 4.90 Å². The van der Waals surface area contributed by atoms with E-state index in [4.69, 9.17) is 4.74 Å². The third-order valence-corrected chi connectivity index (χ3v) is 9.69. The molecular weight excluding hydrogens is 670 g/mol. The average molecular weight is 711 g/mol. The van der Waals surface area contributed by atoms with Crippen molar-refractivity contribution in [3.8, 4) is 11.1 Å². The summed E-state index contributed by atoms with van der Waals surface area (Å²) in [5.74, 6) is -1.22. The van der Waals surface area contributed by atoms with Crippen LogP contribution in [0.5, 0.6) is 0 Å². The Morgan fingerprint density at radius 2 is 1.44 bits per heavy atom. The highest BCUT2D eigenvalue weighted by Gasteiger charge is 2.42. The molecule has 1 N–H and O–H groups in total. The number of alkyl halides is 6. The van der Waals surface area contributed by atoms with Gasteiger partial charge in [0.2, 0.25) is 5.95 Å². The highest BCUT2D eigenvalue weighted by atomic mass is 19.4. The van der Waals surface area contributed by atoms with Gasteiger partial charge in [-0.1, -0.05) is 13.8 Å². The number of rotatable bonds is 9. The molecule has 0 spiro atoms. The van der Waals surface area contributed by atoms with Gasteiger partial charge in [0.25, 0.3) is 0 Å². The summed E-state index contributed by atoms with van der Waals surface area (Å²) >= 11 is 0. The van der Waals surface area contributed by atoms with Crippen LogP contribution in [-0.2, 0) is 35.5 Å². The van der Waals surface area contributed by atoms with Crippen molar-refractivity contribution in [3.63, 3.8) is 0 Å². The quantitative estimate of drug-likeness (QED) is 0.225. The summed E-state index contributed by atoms with van der Waals surface area (Å²) in [6, 6.07) is 0.328. The van der Waals surface area contributed by atoms with Gasteiger partial charge < -0.3 is 19.6 Å². The lowest BCUT2D eigenvalue weighted by Gasteiger charge is -2.47. The van der Waals surface area contributed by atoms with E-state index in [-0.39, 0.29) is 36.2 Å². The van der Waals surface area contributed by atoms with E-state index in [0.29, 0.717) is 69.1 Å². The third-order valence-electron chi connectivity index (χ3n) is 9.69. The molecule has 1 amide bonds. The van der Waals surface area contributed by atoms with Crippen LogP contribution in [0.3, 0.4) is 0 Å². The molecule has 0 bridgehead atoms. The van der Waals surface area contributed by atoms with Crippen LogP contribution in [0, 0.1) is 5.92 Å². The van der Waals surface area contributed by atoms with E-state index in [2.05, 4.69) is 15.1 Å². The van der Waals surface area contributed by atoms with Crippen LogP contribution >= 0.6 is 0 Å². The molecule has 1 saturated carbocycles. The van der Waals surface area contributed by atoms with Crippen LogP contribution in [0.2, 0.25) is 0 Å². The highest BCUT2D eigenvalue weighted by molar-refractivity contribution is 5.70. The van der Waals surface area contributed by atoms with Gasteiger partial charge in [0.05, 0.1) is 23.2 Å². The molecule has 50 heavy (non-hydrogen) atoms. The number of piperidine rings is 1. The number of hydrogen-bond donors (Lipinski definition) is 1. The maximum Gasteiger partial charge on any atom is 0.416 e. The van der Waals surface area contributed by atoms with E-state index in [9.17, 15) is 41.0 Å². The molecule has 1 unspecified atom stereocenters. The largest absolute Gasteiger partial charge is 0.481 e. The molecule has 2 aromatic heterocycles. The molecule has 1 aliphatic carbocycles. The van der Waals surface area contributed by atoms with E-state index in [0.717, 1.165) is 5.56 Å². The molecule has 0 radical (unpaired) electrons. The Labute approximate surface area is 285 Å². The first-order valence-electron chi connectivity index (χ1n) is 16.6. The third kappa shape index (κ3) is 8.49. The fraction of sp³-hybridized carbons (Fsp3) is 0.559. The van der Waals surface area contributed by atoms with Crippen LogP contribution in [-0.4, -0.2) is 66.0 Å². The highest BCUT2D eigenvalue weighted by Crippen LogP contribution is 2.39. The molecule has 272 valence electrons. The van der Waals surface area contributed by atoms with Gasteiger partial charge in [-0.05, 0) is 75.1 Å². The van der Waals surface area contributed by atoms with Crippen molar-refractivity contribution in [1.29, 1.82) is 0 Å². The Balaban J connectivity index is 1.46. The Kier molecular flexibility index (Phi) is 11.0. The smallest absolute Gasteiger partial charge is 0.416 e. The number of likely N-dealkylation sites (tertiary alicyclic amines) is 1. The first-order valence-corrected chi connectivity index (χ1v) is 16.6. The Hall–Kier alpha value is -4.37. The molecule has 2 fully saturated rings. The number of halogens is 6. The SMILES string of the molecule is CC[C@@H]1CC(N(Cc2cc(C(F)(F)F)cc(C(F)(F)F)c2)c2ncc(-c3cnn(C)c3)cn2)C[C@H](CC)N1C(=O)O[C@H]1CC[C@@H](C(=O)O)CC1.